The van der Waals surface area contributed by atoms with Crippen LogP contribution in [0.15, 0.2) is 186 Å². The largest absolute Gasteiger partial charge is 0.454 e. The second kappa shape index (κ2) is 11.9. The average molecular weight is 715 g/mol. The number of rotatable bonds is 5. The van der Waals surface area contributed by atoms with Crippen LogP contribution < -0.4 is 0 Å². The topological polar surface area (TPSA) is 56.7 Å². The van der Waals surface area contributed by atoms with Crippen molar-refractivity contribution in [2.24, 2.45) is 0 Å². The van der Waals surface area contributed by atoms with E-state index in [4.69, 9.17) is 19.4 Å². The van der Waals surface area contributed by atoms with Crippen LogP contribution in [0.2, 0.25) is 0 Å². The molecule has 0 N–H and O–H groups in total. The molecule has 9 aromatic carbocycles. The van der Waals surface area contributed by atoms with Crippen LogP contribution >= 0.6 is 0 Å². The predicted octanol–water partition coefficient (Wildman–Crippen LogP) is 13.3. The van der Waals surface area contributed by atoms with Crippen molar-refractivity contribution < 1.29 is 4.42 Å². The van der Waals surface area contributed by atoms with Crippen molar-refractivity contribution in [3.05, 3.63) is 182 Å². The number of para-hydroxylation sites is 1. The van der Waals surface area contributed by atoms with Gasteiger partial charge in [-0.1, -0.05) is 152 Å². The lowest BCUT2D eigenvalue weighted by Crippen LogP contribution is -2.04. The molecular formula is C51H30N4O. The molecule has 0 aliphatic carbocycles. The normalized spacial score (nSPS) is 11.9. The lowest BCUT2D eigenvalue weighted by atomic mass is 9.95. The van der Waals surface area contributed by atoms with Crippen molar-refractivity contribution >= 4 is 65.3 Å². The molecule has 56 heavy (non-hydrogen) atoms. The molecule has 0 amide bonds. The number of aromatic nitrogens is 4. The maximum absolute atomic E-state index is 6.90. The Balaban J connectivity index is 1.18. The molecule has 0 aliphatic rings. The molecule has 0 radical (unpaired) electrons. The van der Waals surface area contributed by atoms with E-state index in [1.807, 2.05) is 48.5 Å². The Kier molecular flexibility index (Phi) is 6.56. The second-order valence-electron chi connectivity index (χ2n) is 14.3. The fourth-order valence-corrected chi connectivity index (χ4v) is 8.71. The van der Waals surface area contributed by atoms with Crippen LogP contribution in [0.1, 0.15) is 0 Å². The number of hydrogen-bond donors (Lipinski definition) is 0. The maximum atomic E-state index is 6.90. The summed E-state index contributed by atoms with van der Waals surface area (Å²) in [5.41, 5.74) is 9.68. The molecule has 0 spiro atoms. The highest BCUT2D eigenvalue weighted by molar-refractivity contribution is 6.34. The number of hydrogen-bond acceptors (Lipinski definition) is 4. The van der Waals surface area contributed by atoms with E-state index in [2.05, 4.69) is 138 Å². The van der Waals surface area contributed by atoms with Gasteiger partial charge >= 0.3 is 0 Å². The lowest BCUT2D eigenvalue weighted by molar-refractivity contribution is 0.666. The van der Waals surface area contributed by atoms with Crippen LogP contribution in [0, 0.1) is 0 Å². The summed E-state index contributed by atoms with van der Waals surface area (Å²) in [6.45, 7) is 0. The smallest absolute Gasteiger partial charge is 0.166 e. The van der Waals surface area contributed by atoms with Crippen LogP contribution in [0.5, 0.6) is 0 Å². The molecule has 0 fully saturated rings. The fraction of sp³-hybridized carbons (Fsp3) is 0. The van der Waals surface area contributed by atoms with E-state index in [0.29, 0.717) is 17.5 Å². The number of benzene rings is 9. The van der Waals surface area contributed by atoms with Crippen molar-refractivity contribution in [1.82, 2.24) is 19.5 Å². The van der Waals surface area contributed by atoms with Crippen LogP contribution in [0.3, 0.4) is 0 Å². The quantitative estimate of drug-likeness (QED) is 0.167. The minimum atomic E-state index is 0.568. The lowest BCUT2D eigenvalue weighted by Gasteiger charge is -2.15. The van der Waals surface area contributed by atoms with Gasteiger partial charge in [0.1, 0.15) is 11.3 Å². The molecule has 5 heteroatoms. The van der Waals surface area contributed by atoms with Gasteiger partial charge in [0, 0.05) is 38.2 Å². The predicted molar refractivity (Wildman–Crippen MR) is 229 cm³/mol. The highest BCUT2D eigenvalue weighted by Crippen LogP contribution is 2.47. The molecule has 0 atom stereocenters. The first kappa shape index (κ1) is 30.8. The van der Waals surface area contributed by atoms with Crippen molar-refractivity contribution in [2.75, 3.05) is 0 Å². The number of furan rings is 1. The molecule has 3 aromatic heterocycles. The Bertz CT molecular complexity index is 3370. The third-order valence-corrected chi connectivity index (χ3v) is 11.2. The van der Waals surface area contributed by atoms with Gasteiger partial charge in [-0.2, -0.15) is 0 Å². The average Bonchev–Trinajstić information content (AvgIpc) is 3.83. The Morgan fingerprint density at radius 3 is 1.46 bits per heavy atom. The van der Waals surface area contributed by atoms with Crippen LogP contribution in [-0.4, -0.2) is 19.5 Å². The number of nitrogens with zero attached hydrogens (tertiary/aromatic N) is 4. The zero-order valence-electron chi connectivity index (χ0n) is 30.0. The zero-order chi connectivity index (χ0) is 36.7. The number of fused-ring (bicyclic) bond motifs is 6. The van der Waals surface area contributed by atoms with E-state index in [1.165, 1.54) is 32.3 Å². The van der Waals surface area contributed by atoms with Crippen LogP contribution in [-0.2, 0) is 0 Å². The fourth-order valence-electron chi connectivity index (χ4n) is 8.71. The van der Waals surface area contributed by atoms with E-state index >= 15 is 0 Å². The highest BCUT2D eigenvalue weighted by Gasteiger charge is 2.26. The summed E-state index contributed by atoms with van der Waals surface area (Å²) < 4.78 is 9.28. The molecule has 12 aromatic rings. The summed E-state index contributed by atoms with van der Waals surface area (Å²) in [6.07, 6.45) is 0. The van der Waals surface area contributed by atoms with E-state index in [1.54, 1.807) is 0 Å². The molecule has 0 aliphatic heterocycles. The van der Waals surface area contributed by atoms with Crippen molar-refractivity contribution in [1.29, 1.82) is 0 Å². The molecule has 0 bridgehead atoms. The first-order valence-electron chi connectivity index (χ1n) is 18.9. The van der Waals surface area contributed by atoms with Gasteiger partial charge in [-0.25, -0.2) is 15.0 Å². The Morgan fingerprint density at radius 2 is 0.821 bits per heavy atom. The first-order valence-corrected chi connectivity index (χ1v) is 18.9. The minimum absolute atomic E-state index is 0.568. The Morgan fingerprint density at radius 1 is 0.339 bits per heavy atom. The van der Waals surface area contributed by atoms with Gasteiger partial charge in [-0.15, -0.1) is 0 Å². The Hall–Kier alpha value is -7.63. The van der Waals surface area contributed by atoms with E-state index < -0.39 is 0 Å². The Labute approximate surface area is 321 Å². The van der Waals surface area contributed by atoms with Gasteiger partial charge in [0.25, 0.3) is 0 Å². The molecule has 12 rings (SSSR count). The van der Waals surface area contributed by atoms with Gasteiger partial charge in [0.05, 0.1) is 11.0 Å². The molecule has 0 saturated heterocycles. The molecule has 5 nitrogen and oxygen atoms in total. The van der Waals surface area contributed by atoms with Gasteiger partial charge < -0.3 is 8.98 Å². The maximum Gasteiger partial charge on any atom is 0.166 e. The molecule has 3 heterocycles. The zero-order valence-corrected chi connectivity index (χ0v) is 30.0. The standard InChI is InChI=1S/C51H30N4O/c1-3-13-31(14-4-1)32-25-27-34(28-26-32)50-52-49(33-15-5-2-6-16-33)53-51(54-50)41-30-29-40-37-19-9-10-24-44(37)56-48(40)47(41)55-42-22-11-20-38-35-17-7-8-18-36(35)39-21-12-23-43(55)46(39)45(38)42/h1-30H. The second-order valence-corrected chi connectivity index (χ2v) is 14.3. The summed E-state index contributed by atoms with van der Waals surface area (Å²) in [5, 5.41) is 9.50. The molecule has 260 valence electrons. The van der Waals surface area contributed by atoms with E-state index in [-0.39, 0.29) is 0 Å². The summed E-state index contributed by atoms with van der Waals surface area (Å²) in [6, 6.07) is 63.6. The molecule has 0 unspecified atom stereocenters. The van der Waals surface area contributed by atoms with E-state index in [9.17, 15) is 0 Å². The van der Waals surface area contributed by atoms with Crippen molar-refractivity contribution in [2.45, 2.75) is 0 Å². The molecular weight excluding hydrogens is 685 g/mol. The summed E-state index contributed by atoms with van der Waals surface area (Å²) >= 11 is 0. The summed E-state index contributed by atoms with van der Waals surface area (Å²) in [7, 11) is 0. The van der Waals surface area contributed by atoms with Crippen LogP contribution in [0.4, 0.5) is 0 Å². The third-order valence-electron chi connectivity index (χ3n) is 11.2. The monoisotopic (exact) mass is 714 g/mol. The first-order chi connectivity index (χ1) is 27.8. The SMILES string of the molecule is c1ccc(-c2ccc(-c3nc(-c4ccccc4)nc(-c4ccc5c(oc6ccccc65)c4-n4c5cccc6c7ccccc7c7cccc4c7c65)n3)cc2)cc1. The summed E-state index contributed by atoms with van der Waals surface area (Å²) in [4.78, 5) is 15.6. The van der Waals surface area contributed by atoms with Crippen molar-refractivity contribution in [3.8, 4) is 51.0 Å². The van der Waals surface area contributed by atoms with Gasteiger partial charge in [-0.3, -0.25) is 0 Å². The van der Waals surface area contributed by atoms with E-state index in [0.717, 1.165) is 66.5 Å². The minimum Gasteiger partial charge on any atom is -0.454 e. The van der Waals surface area contributed by atoms with Crippen LogP contribution in [0.25, 0.3) is 116 Å². The van der Waals surface area contributed by atoms with Gasteiger partial charge in [0.2, 0.25) is 0 Å². The highest BCUT2D eigenvalue weighted by atomic mass is 16.3. The third kappa shape index (κ3) is 4.52. The molecule has 0 saturated carbocycles. The summed E-state index contributed by atoms with van der Waals surface area (Å²) in [5.74, 6) is 1.77. The van der Waals surface area contributed by atoms with Gasteiger partial charge in [-0.05, 0) is 63.0 Å². The van der Waals surface area contributed by atoms with Crippen molar-refractivity contribution in [3.63, 3.8) is 0 Å². The van der Waals surface area contributed by atoms with Gasteiger partial charge in [0.15, 0.2) is 23.1 Å².